The standard InChI is InChI=1S/C11H13NO2S/c1-15-10-5-3-2-4-9(10)12-7-8(13)6-11(12)14/h2-5,8,13H,6-7H2,1H3. The molecule has 15 heavy (non-hydrogen) atoms. The largest absolute Gasteiger partial charge is 0.391 e. The molecule has 0 radical (unpaired) electrons. The molecule has 1 amide bonds. The molecule has 1 aromatic rings. The van der Waals surface area contributed by atoms with Crippen LogP contribution in [0.1, 0.15) is 6.42 Å². The van der Waals surface area contributed by atoms with Crippen LogP contribution >= 0.6 is 11.8 Å². The van der Waals surface area contributed by atoms with Gasteiger partial charge in [0.25, 0.3) is 0 Å². The Bertz CT molecular complexity index is 381. The second-order valence-corrected chi connectivity index (χ2v) is 4.38. The minimum Gasteiger partial charge on any atom is -0.391 e. The van der Waals surface area contributed by atoms with Gasteiger partial charge < -0.3 is 10.0 Å². The first kappa shape index (κ1) is 10.5. The number of benzene rings is 1. The van der Waals surface area contributed by atoms with Crippen LogP contribution in [-0.4, -0.2) is 29.9 Å². The molecule has 1 aliphatic heterocycles. The van der Waals surface area contributed by atoms with E-state index in [-0.39, 0.29) is 12.3 Å². The van der Waals surface area contributed by atoms with Crippen molar-refractivity contribution in [2.45, 2.75) is 17.4 Å². The lowest BCUT2D eigenvalue weighted by molar-refractivity contribution is -0.117. The van der Waals surface area contributed by atoms with Crippen LogP contribution < -0.4 is 4.90 Å². The van der Waals surface area contributed by atoms with Crippen LogP contribution in [0, 0.1) is 0 Å². The number of aliphatic hydroxyl groups excluding tert-OH is 1. The van der Waals surface area contributed by atoms with Crippen molar-refractivity contribution in [3.05, 3.63) is 24.3 Å². The molecule has 1 aromatic carbocycles. The molecule has 1 heterocycles. The summed E-state index contributed by atoms with van der Waals surface area (Å²) in [4.78, 5) is 14.3. The number of nitrogens with zero attached hydrogens (tertiary/aromatic N) is 1. The van der Waals surface area contributed by atoms with Gasteiger partial charge in [0.1, 0.15) is 0 Å². The number of anilines is 1. The molecular weight excluding hydrogens is 210 g/mol. The second kappa shape index (κ2) is 4.24. The Hall–Kier alpha value is -1.00. The molecule has 1 unspecified atom stereocenters. The number of carbonyl (C=O) groups is 1. The van der Waals surface area contributed by atoms with Gasteiger partial charge in [-0.05, 0) is 18.4 Å². The van der Waals surface area contributed by atoms with E-state index in [9.17, 15) is 9.90 Å². The maximum atomic E-state index is 11.6. The molecule has 0 saturated carbocycles. The van der Waals surface area contributed by atoms with E-state index < -0.39 is 6.10 Å². The summed E-state index contributed by atoms with van der Waals surface area (Å²) in [6.45, 7) is 0.413. The Kier molecular flexibility index (Phi) is 2.98. The second-order valence-electron chi connectivity index (χ2n) is 3.53. The van der Waals surface area contributed by atoms with Gasteiger partial charge in [-0.1, -0.05) is 12.1 Å². The van der Waals surface area contributed by atoms with Gasteiger partial charge in [-0.15, -0.1) is 11.8 Å². The quantitative estimate of drug-likeness (QED) is 0.773. The SMILES string of the molecule is CSc1ccccc1N1CC(O)CC1=O. The topological polar surface area (TPSA) is 40.5 Å². The van der Waals surface area contributed by atoms with Gasteiger partial charge in [0.15, 0.2) is 0 Å². The summed E-state index contributed by atoms with van der Waals surface area (Å²) in [6.07, 6.45) is 1.70. The number of rotatable bonds is 2. The monoisotopic (exact) mass is 223 g/mol. The number of para-hydroxylation sites is 1. The molecule has 1 N–H and O–H groups in total. The fourth-order valence-electron chi connectivity index (χ4n) is 1.77. The van der Waals surface area contributed by atoms with Crippen molar-refractivity contribution in [1.29, 1.82) is 0 Å². The zero-order valence-electron chi connectivity index (χ0n) is 8.51. The zero-order chi connectivity index (χ0) is 10.8. The van der Waals surface area contributed by atoms with E-state index in [4.69, 9.17) is 0 Å². The molecule has 0 aromatic heterocycles. The molecule has 0 bridgehead atoms. The van der Waals surface area contributed by atoms with E-state index in [1.165, 1.54) is 0 Å². The maximum absolute atomic E-state index is 11.6. The predicted octanol–water partition coefficient (Wildman–Crippen LogP) is 1.51. The van der Waals surface area contributed by atoms with Gasteiger partial charge in [-0.2, -0.15) is 0 Å². The van der Waals surface area contributed by atoms with Crippen LogP contribution in [0.5, 0.6) is 0 Å². The number of hydrogen-bond donors (Lipinski definition) is 1. The molecule has 0 aliphatic carbocycles. The normalized spacial score (nSPS) is 21.1. The highest BCUT2D eigenvalue weighted by Gasteiger charge is 2.29. The van der Waals surface area contributed by atoms with Gasteiger partial charge >= 0.3 is 0 Å². The van der Waals surface area contributed by atoms with E-state index in [0.29, 0.717) is 6.54 Å². The van der Waals surface area contributed by atoms with Crippen LogP contribution in [0.4, 0.5) is 5.69 Å². The van der Waals surface area contributed by atoms with E-state index in [1.807, 2.05) is 30.5 Å². The molecule has 3 nitrogen and oxygen atoms in total. The first-order valence-corrected chi connectivity index (χ1v) is 6.06. The van der Waals surface area contributed by atoms with Crippen molar-refractivity contribution >= 4 is 23.4 Å². The highest BCUT2D eigenvalue weighted by Crippen LogP contribution is 2.31. The summed E-state index contributed by atoms with van der Waals surface area (Å²) in [7, 11) is 0. The Balaban J connectivity index is 2.33. The highest BCUT2D eigenvalue weighted by molar-refractivity contribution is 7.98. The molecule has 1 aliphatic rings. The minimum atomic E-state index is -0.521. The average Bonchev–Trinajstić information content (AvgIpc) is 2.57. The Morgan fingerprint density at radius 2 is 2.20 bits per heavy atom. The van der Waals surface area contributed by atoms with Crippen molar-refractivity contribution in [2.24, 2.45) is 0 Å². The van der Waals surface area contributed by atoms with Crippen molar-refractivity contribution in [3.63, 3.8) is 0 Å². The summed E-state index contributed by atoms with van der Waals surface area (Å²) in [6, 6.07) is 7.76. The zero-order valence-corrected chi connectivity index (χ0v) is 9.33. The van der Waals surface area contributed by atoms with E-state index in [1.54, 1.807) is 16.7 Å². The number of amides is 1. The van der Waals surface area contributed by atoms with E-state index in [0.717, 1.165) is 10.6 Å². The van der Waals surface area contributed by atoms with Crippen LogP contribution in [0.2, 0.25) is 0 Å². The molecule has 1 fully saturated rings. The lowest BCUT2D eigenvalue weighted by Gasteiger charge is -2.18. The number of hydrogen-bond acceptors (Lipinski definition) is 3. The van der Waals surface area contributed by atoms with Gasteiger partial charge in [0.05, 0.1) is 24.8 Å². The van der Waals surface area contributed by atoms with E-state index >= 15 is 0 Å². The minimum absolute atomic E-state index is 0.00370. The van der Waals surface area contributed by atoms with Gasteiger partial charge in [0, 0.05) is 4.90 Å². The molecular formula is C11H13NO2S. The summed E-state index contributed by atoms with van der Waals surface area (Å²) in [5, 5.41) is 9.43. The van der Waals surface area contributed by atoms with Crippen LogP contribution in [0.15, 0.2) is 29.2 Å². The summed E-state index contributed by atoms with van der Waals surface area (Å²) >= 11 is 1.61. The number of carbonyl (C=O) groups excluding carboxylic acids is 1. The van der Waals surface area contributed by atoms with E-state index in [2.05, 4.69) is 0 Å². The number of aliphatic hydroxyl groups is 1. The van der Waals surface area contributed by atoms with Gasteiger partial charge in [0.2, 0.25) is 5.91 Å². The molecule has 80 valence electrons. The molecule has 4 heteroatoms. The summed E-state index contributed by atoms with van der Waals surface area (Å²) < 4.78 is 0. The highest BCUT2D eigenvalue weighted by atomic mass is 32.2. The average molecular weight is 223 g/mol. The Morgan fingerprint density at radius 3 is 2.80 bits per heavy atom. The molecule has 2 rings (SSSR count). The summed E-state index contributed by atoms with van der Waals surface area (Å²) in [5.41, 5.74) is 0.909. The maximum Gasteiger partial charge on any atom is 0.229 e. The summed E-state index contributed by atoms with van der Waals surface area (Å²) in [5.74, 6) is 0.00370. The van der Waals surface area contributed by atoms with Crippen LogP contribution in [0.25, 0.3) is 0 Å². The number of β-amino-alcohol motifs (C(OH)–C–C–N with tert-alkyl or cyclic N) is 1. The van der Waals surface area contributed by atoms with Gasteiger partial charge in [-0.3, -0.25) is 4.79 Å². The van der Waals surface area contributed by atoms with Crippen LogP contribution in [0.3, 0.4) is 0 Å². The lowest BCUT2D eigenvalue weighted by Crippen LogP contribution is -2.25. The Morgan fingerprint density at radius 1 is 1.47 bits per heavy atom. The molecule has 1 saturated heterocycles. The van der Waals surface area contributed by atoms with Crippen molar-refractivity contribution in [2.75, 3.05) is 17.7 Å². The molecule has 1 atom stereocenters. The third kappa shape index (κ3) is 2.01. The third-order valence-electron chi connectivity index (χ3n) is 2.48. The van der Waals surface area contributed by atoms with Crippen molar-refractivity contribution in [3.8, 4) is 0 Å². The fourth-order valence-corrected chi connectivity index (χ4v) is 2.38. The first-order chi connectivity index (χ1) is 7.22. The molecule has 0 spiro atoms. The van der Waals surface area contributed by atoms with Crippen LogP contribution in [-0.2, 0) is 4.79 Å². The number of thioether (sulfide) groups is 1. The van der Waals surface area contributed by atoms with Gasteiger partial charge in [-0.25, -0.2) is 0 Å². The fraction of sp³-hybridized carbons (Fsp3) is 0.364. The lowest BCUT2D eigenvalue weighted by atomic mass is 10.3. The smallest absolute Gasteiger partial charge is 0.229 e. The third-order valence-corrected chi connectivity index (χ3v) is 3.27. The van der Waals surface area contributed by atoms with Crippen molar-refractivity contribution in [1.82, 2.24) is 0 Å². The van der Waals surface area contributed by atoms with Crippen molar-refractivity contribution < 1.29 is 9.90 Å². The predicted molar refractivity (Wildman–Crippen MR) is 61.2 cm³/mol. The first-order valence-electron chi connectivity index (χ1n) is 4.84. The Labute approximate surface area is 93.1 Å².